The van der Waals surface area contributed by atoms with E-state index < -0.39 is 5.97 Å². The monoisotopic (exact) mass is 314 g/mol. The summed E-state index contributed by atoms with van der Waals surface area (Å²) < 4.78 is 5.03. The van der Waals surface area contributed by atoms with E-state index in [1.165, 1.54) is 18.6 Å². The van der Waals surface area contributed by atoms with Gasteiger partial charge in [0.2, 0.25) is 0 Å². The van der Waals surface area contributed by atoms with Crippen molar-refractivity contribution in [3.63, 3.8) is 0 Å². The Labute approximate surface area is 136 Å². The lowest BCUT2D eigenvalue weighted by molar-refractivity contribution is -0.125. The molecule has 5 nitrogen and oxygen atoms in total. The highest BCUT2D eigenvalue weighted by molar-refractivity contribution is 5.91. The maximum Gasteiger partial charge on any atom is 0.338 e. The molecule has 3 atom stereocenters. The molecule has 1 N–H and O–H groups in total. The molecule has 0 spiro atoms. The standard InChI is InChI=1S/C18H22N2O3/c1-12-4-3-5-16(13(12)2)20-17(21)11-23-18(22)15-8-6-14(10-19)7-9-15/h6-9,12-13,16H,3-5,11H2,1-2H3,(H,20,21)/t12-,13-,16+/m1/s1. The molecule has 0 unspecified atom stereocenters. The number of carbonyl (C=O) groups excluding carboxylic acids is 2. The summed E-state index contributed by atoms with van der Waals surface area (Å²) in [5, 5.41) is 11.7. The molecule has 1 amide bonds. The van der Waals surface area contributed by atoms with E-state index in [9.17, 15) is 9.59 Å². The van der Waals surface area contributed by atoms with Gasteiger partial charge in [-0.15, -0.1) is 0 Å². The molecule has 0 aliphatic heterocycles. The number of carbonyl (C=O) groups is 2. The summed E-state index contributed by atoms with van der Waals surface area (Å²) in [5.41, 5.74) is 0.802. The van der Waals surface area contributed by atoms with Gasteiger partial charge in [-0.25, -0.2) is 4.79 Å². The van der Waals surface area contributed by atoms with E-state index in [0.29, 0.717) is 23.0 Å². The molecule has 0 bridgehead atoms. The van der Waals surface area contributed by atoms with Crippen molar-refractivity contribution in [2.45, 2.75) is 39.2 Å². The molecule has 0 aromatic heterocycles. The Morgan fingerprint density at radius 2 is 1.96 bits per heavy atom. The van der Waals surface area contributed by atoms with Crippen LogP contribution in [0.4, 0.5) is 0 Å². The van der Waals surface area contributed by atoms with Crippen LogP contribution in [-0.2, 0) is 9.53 Å². The van der Waals surface area contributed by atoms with Gasteiger partial charge in [-0.05, 0) is 42.5 Å². The highest BCUT2D eigenvalue weighted by Crippen LogP contribution is 2.29. The van der Waals surface area contributed by atoms with E-state index in [4.69, 9.17) is 10.00 Å². The van der Waals surface area contributed by atoms with Gasteiger partial charge >= 0.3 is 5.97 Å². The molecule has 5 heteroatoms. The molecule has 1 aromatic rings. The Bertz CT molecular complexity index is 604. The Kier molecular flexibility index (Phi) is 5.75. The third-order valence-corrected chi connectivity index (χ3v) is 4.64. The van der Waals surface area contributed by atoms with Crippen molar-refractivity contribution in [3.8, 4) is 6.07 Å². The van der Waals surface area contributed by atoms with E-state index in [0.717, 1.165) is 12.8 Å². The van der Waals surface area contributed by atoms with E-state index >= 15 is 0 Å². The van der Waals surface area contributed by atoms with Crippen molar-refractivity contribution >= 4 is 11.9 Å². The molecule has 0 radical (unpaired) electrons. The number of nitriles is 1. The predicted octanol–water partition coefficient (Wildman–Crippen LogP) is 2.66. The van der Waals surface area contributed by atoms with Crippen LogP contribution in [0.3, 0.4) is 0 Å². The lowest BCUT2D eigenvalue weighted by Crippen LogP contribution is -2.45. The molecule has 0 saturated heterocycles. The molecule has 0 heterocycles. The van der Waals surface area contributed by atoms with Crippen molar-refractivity contribution in [2.75, 3.05) is 6.61 Å². The number of hydrogen-bond donors (Lipinski definition) is 1. The lowest BCUT2D eigenvalue weighted by atomic mass is 9.78. The summed E-state index contributed by atoms with van der Waals surface area (Å²) >= 11 is 0. The largest absolute Gasteiger partial charge is 0.452 e. The Morgan fingerprint density at radius 1 is 1.26 bits per heavy atom. The van der Waals surface area contributed by atoms with Crippen LogP contribution >= 0.6 is 0 Å². The zero-order valence-electron chi connectivity index (χ0n) is 13.5. The maximum atomic E-state index is 12.0. The fourth-order valence-corrected chi connectivity index (χ4v) is 2.93. The summed E-state index contributed by atoms with van der Waals surface area (Å²) in [5.74, 6) is 0.199. The molecule has 1 aliphatic rings. The number of nitrogens with zero attached hydrogens (tertiary/aromatic N) is 1. The lowest BCUT2D eigenvalue weighted by Gasteiger charge is -2.34. The third kappa shape index (κ3) is 4.56. The molecule has 1 saturated carbocycles. The fraction of sp³-hybridized carbons (Fsp3) is 0.500. The summed E-state index contributed by atoms with van der Waals surface area (Å²) in [6, 6.07) is 8.25. The number of esters is 1. The Balaban J connectivity index is 1.81. The van der Waals surface area contributed by atoms with Gasteiger partial charge in [0.15, 0.2) is 6.61 Å². The first-order valence-electron chi connectivity index (χ1n) is 7.98. The van der Waals surface area contributed by atoms with E-state index in [1.807, 2.05) is 6.07 Å². The SMILES string of the molecule is C[C@@H]1[C@H](C)CCC[C@@H]1NC(=O)COC(=O)c1ccc(C#N)cc1. The highest BCUT2D eigenvalue weighted by Gasteiger charge is 2.28. The van der Waals surface area contributed by atoms with Crippen molar-refractivity contribution < 1.29 is 14.3 Å². The summed E-state index contributed by atoms with van der Waals surface area (Å²) in [7, 11) is 0. The molecule has 2 rings (SSSR count). The Morgan fingerprint density at radius 3 is 2.61 bits per heavy atom. The first-order chi connectivity index (χ1) is 11.0. The van der Waals surface area contributed by atoms with Gasteiger partial charge in [0.1, 0.15) is 0 Å². The van der Waals surface area contributed by atoms with Gasteiger partial charge in [0, 0.05) is 6.04 Å². The minimum Gasteiger partial charge on any atom is -0.452 e. The predicted molar refractivity (Wildman–Crippen MR) is 85.5 cm³/mol. The second kappa shape index (κ2) is 7.77. The molecule has 122 valence electrons. The minimum atomic E-state index is -0.560. The average Bonchev–Trinajstić information content (AvgIpc) is 2.57. The van der Waals surface area contributed by atoms with Gasteiger partial charge < -0.3 is 10.1 Å². The number of nitrogens with one attached hydrogen (secondary N) is 1. The zero-order valence-corrected chi connectivity index (χ0v) is 13.5. The van der Waals surface area contributed by atoms with E-state index in [1.54, 1.807) is 12.1 Å². The minimum absolute atomic E-state index is 0.153. The van der Waals surface area contributed by atoms with Crippen molar-refractivity contribution in [1.29, 1.82) is 5.26 Å². The fourth-order valence-electron chi connectivity index (χ4n) is 2.93. The van der Waals surface area contributed by atoms with Gasteiger partial charge in [-0.1, -0.05) is 26.7 Å². The van der Waals surface area contributed by atoms with Gasteiger partial charge in [0.05, 0.1) is 17.2 Å². The first kappa shape index (κ1) is 17.0. The van der Waals surface area contributed by atoms with Crippen molar-refractivity contribution in [3.05, 3.63) is 35.4 Å². The number of benzene rings is 1. The summed E-state index contributed by atoms with van der Waals surface area (Å²) in [6.07, 6.45) is 3.28. The second-order valence-electron chi connectivity index (χ2n) is 6.21. The van der Waals surface area contributed by atoms with Crippen LogP contribution in [-0.4, -0.2) is 24.5 Å². The molecule has 1 fully saturated rings. The maximum absolute atomic E-state index is 12.0. The number of amides is 1. The van der Waals surface area contributed by atoms with Gasteiger partial charge in [-0.3, -0.25) is 4.79 Å². The molecular formula is C18H22N2O3. The van der Waals surface area contributed by atoms with Crippen LogP contribution in [0, 0.1) is 23.2 Å². The van der Waals surface area contributed by atoms with Crippen LogP contribution in [0.15, 0.2) is 24.3 Å². The van der Waals surface area contributed by atoms with Crippen LogP contribution in [0.2, 0.25) is 0 Å². The number of rotatable bonds is 4. The van der Waals surface area contributed by atoms with Gasteiger partial charge in [0.25, 0.3) is 5.91 Å². The van der Waals surface area contributed by atoms with Crippen LogP contribution in [0.25, 0.3) is 0 Å². The van der Waals surface area contributed by atoms with E-state index in [-0.39, 0.29) is 18.6 Å². The smallest absolute Gasteiger partial charge is 0.338 e. The zero-order chi connectivity index (χ0) is 16.8. The number of hydrogen-bond acceptors (Lipinski definition) is 4. The van der Waals surface area contributed by atoms with Crippen LogP contribution < -0.4 is 5.32 Å². The van der Waals surface area contributed by atoms with Gasteiger partial charge in [-0.2, -0.15) is 5.26 Å². The van der Waals surface area contributed by atoms with E-state index in [2.05, 4.69) is 19.2 Å². The average molecular weight is 314 g/mol. The first-order valence-corrected chi connectivity index (χ1v) is 7.98. The van der Waals surface area contributed by atoms with Crippen LogP contribution in [0.5, 0.6) is 0 Å². The van der Waals surface area contributed by atoms with Crippen molar-refractivity contribution in [2.24, 2.45) is 11.8 Å². The quantitative estimate of drug-likeness (QED) is 0.867. The molecule has 23 heavy (non-hydrogen) atoms. The third-order valence-electron chi connectivity index (χ3n) is 4.64. The topological polar surface area (TPSA) is 79.2 Å². The van der Waals surface area contributed by atoms with Crippen molar-refractivity contribution in [1.82, 2.24) is 5.32 Å². The summed E-state index contributed by atoms with van der Waals surface area (Å²) in [4.78, 5) is 23.8. The number of ether oxygens (including phenoxy) is 1. The highest BCUT2D eigenvalue weighted by atomic mass is 16.5. The molecule has 1 aromatic carbocycles. The van der Waals surface area contributed by atoms with Crippen LogP contribution in [0.1, 0.15) is 49.0 Å². The molecular weight excluding hydrogens is 292 g/mol. The second-order valence-corrected chi connectivity index (χ2v) is 6.21. The Hall–Kier alpha value is -2.35. The summed E-state index contributed by atoms with van der Waals surface area (Å²) in [6.45, 7) is 4.07. The molecule has 1 aliphatic carbocycles. The normalized spacial score (nSPS) is 23.6.